The van der Waals surface area contributed by atoms with E-state index < -0.39 is 10.0 Å². The van der Waals surface area contributed by atoms with Gasteiger partial charge in [0, 0.05) is 18.8 Å². The number of hydrogen-bond acceptors (Lipinski definition) is 3. The molecule has 2 aromatic rings. The Hall–Kier alpha value is -1.85. The van der Waals surface area contributed by atoms with Gasteiger partial charge in [-0.05, 0) is 36.2 Å². The van der Waals surface area contributed by atoms with Crippen LogP contribution in [0.5, 0.6) is 0 Å². The molecule has 0 saturated carbocycles. The topological polar surface area (TPSA) is 63.4 Å². The van der Waals surface area contributed by atoms with Crippen LogP contribution in [0.3, 0.4) is 0 Å². The number of nitrogens with two attached hydrogens (primary N) is 1. The van der Waals surface area contributed by atoms with Crippen molar-refractivity contribution < 1.29 is 8.42 Å². The highest BCUT2D eigenvalue weighted by Crippen LogP contribution is 2.19. The summed E-state index contributed by atoms with van der Waals surface area (Å²) in [5.74, 6) is 0. The Morgan fingerprint density at radius 1 is 1.05 bits per heavy atom. The fourth-order valence-electron chi connectivity index (χ4n) is 2.17. The SMILES string of the molecule is CCCN(Cc1cccc(N)c1)S(=O)(=O)c1ccccc1. The van der Waals surface area contributed by atoms with E-state index in [4.69, 9.17) is 5.73 Å². The summed E-state index contributed by atoms with van der Waals surface area (Å²) in [6, 6.07) is 15.8. The third-order valence-electron chi connectivity index (χ3n) is 3.16. The van der Waals surface area contributed by atoms with Crippen LogP contribution in [0.15, 0.2) is 59.5 Å². The summed E-state index contributed by atoms with van der Waals surface area (Å²) in [6.45, 7) is 2.77. The molecular weight excluding hydrogens is 284 g/mol. The lowest BCUT2D eigenvalue weighted by Crippen LogP contribution is -2.31. The molecule has 2 N–H and O–H groups in total. The summed E-state index contributed by atoms with van der Waals surface area (Å²) in [5.41, 5.74) is 7.29. The predicted octanol–water partition coefficient (Wildman–Crippen LogP) is 2.87. The standard InChI is InChI=1S/C16H20N2O2S/c1-2-11-18(13-14-7-6-8-15(17)12-14)21(19,20)16-9-4-3-5-10-16/h3-10,12H,2,11,13,17H2,1H3. The molecule has 0 aromatic heterocycles. The third-order valence-corrected chi connectivity index (χ3v) is 5.02. The molecule has 112 valence electrons. The first-order valence-corrected chi connectivity index (χ1v) is 8.37. The zero-order chi connectivity index (χ0) is 15.3. The molecule has 0 unspecified atom stereocenters. The summed E-state index contributed by atoms with van der Waals surface area (Å²) < 4.78 is 26.9. The minimum Gasteiger partial charge on any atom is -0.399 e. The highest BCUT2D eigenvalue weighted by atomic mass is 32.2. The van der Waals surface area contributed by atoms with E-state index in [2.05, 4.69) is 0 Å². The van der Waals surface area contributed by atoms with Crippen molar-refractivity contribution in [3.8, 4) is 0 Å². The minimum atomic E-state index is -3.48. The lowest BCUT2D eigenvalue weighted by atomic mass is 10.2. The number of hydrogen-bond donors (Lipinski definition) is 1. The molecule has 2 aromatic carbocycles. The average Bonchev–Trinajstić information content (AvgIpc) is 2.48. The molecule has 5 heteroatoms. The highest BCUT2D eigenvalue weighted by molar-refractivity contribution is 7.89. The molecule has 0 saturated heterocycles. The summed E-state index contributed by atoms with van der Waals surface area (Å²) in [5, 5.41) is 0. The van der Waals surface area contributed by atoms with Crippen molar-refractivity contribution in [1.29, 1.82) is 0 Å². The molecule has 21 heavy (non-hydrogen) atoms. The second-order valence-electron chi connectivity index (χ2n) is 4.90. The Kier molecular flexibility index (Phi) is 4.98. The molecule has 4 nitrogen and oxygen atoms in total. The van der Waals surface area contributed by atoms with Gasteiger partial charge in [0.2, 0.25) is 10.0 Å². The summed E-state index contributed by atoms with van der Waals surface area (Å²) in [4.78, 5) is 0.322. The van der Waals surface area contributed by atoms with Crippen LogP contribution in [0.25, 0.3) is 0 Å². The lowest BCUT2D eigenvalue weighted by Gasteiger charge is -2.22. The van der Waals surface area contributed by atoms with Crippen LogP contribution < -0.4 is 5.73 Å². The van der Waals surface area contributed by atoms with Gasteiger partial charge in [0.1, 0.15) is 0 Å². The van der Waals surface area contributed by atoms with Crippen molar-refractivity contribution in [2.24, 2.45) is 0 Å². The molecule has 0 atom stereocenters. The maximum atomic E-state index is 12.7. The van der Waals surface area contributed by atoms with Gasteiger partial charge in [0.25, 0.3) is 0 Å². The Labute approximate surface area is 126 Å². The second-order valence-corrected chi connectivity index (χ2v) is 6.83. The Morgan fingerprint density at radius 3 is 2.38 bits per heavy atom. The average molecular weight is 304 g/mol. The van der Waals surface area contributed by atoms with Gasteiger partial charge in [-0.15, -0.1) is 0 Å². The molecule has 0 fully saturated rings. The van der Waals surface area contributed by atoms with Crippen LogP contribution in [0.2, 0.25) is 0 Å². The van der Waals surface area contributed by atoms with E-state index in [0.717, 1.165) is 12.0 Å². The molecule has 0 spiro atoms. The summed E-state index contributed by atoms with van der Waals surface area (Å²) in [6.07, 6.45) is 0.758. The summed E-state index contributed by atoms with van der Waals surface area (Å²) >= 11 is 0. The van der Waals surface area contributed by atoms with Crippen LogP contribution in [0, 0.1) is 0 Å². The number of sulfonamides is 1. The molecule has 0 amide bonds. The quantitative estimate of drug-likeness (QED) is 0.835. The van der Waals surface area contributed by atoms with E-state index >= 15 is 0 Å². The molecule has 0 aliphatic carbocycles. The second kappa shape index (κ2) is 6.74. The van der Waals surface area contributed by atoms with Crippen LogP contribution in [-0.2, 0) is 16.6 Å². The fraction of sp³-hybridized carbons (Fsp3) is 0.250. The molecular formula is C16H20N2O2S. The molecule has 0 bridgehead atoms. The van der Waals surface area contributed by atoms with E-state index in [1.807, 2.05) is 25.1 Å². The first-order valence-electron chi connectivity index (χ1n) is 6.93. The van der Waals surface area contributed by atoms with Crippen LogP contribution >= 0.6 is 0 Å². The minimum absolute atomic E-state index is 0.322. The molecule has 0 aliphatic rings. The van der Waals surface area contributed by atoms with Crippen molar-refractivity contribution in [2.45, 2.75) is 24.8 Å². The molecule has 0 radical (unpaired) electrons. The van der Waals surface area contributed by atoms with Crippen molar-refractivity contribution in [3.05, 3.63) is 60.2 Å². The van der Waals surface area contributed by atoms with Gasteiger partial charge in [-0.25, -0.2) is 8.42 Å². The van der Waals surface area contributed by atoms with E-state index in [1.165, 1.54) is 4.31 Å². The van der Waals surface area contributed by atoms with Crippen molar-refractivity contribution >= 4 is 15.7 Å². The number of nitrogens with zero attached hydrogens (tertiary/aromatic N) is 1. The Morgan fingerprint density at radius 2 is 1.76 bits per heavy atom. The van der Waals surface area contributed by atoms with Crippen LogP contribution in [-0.4, -0.2) is 19.3 Å². The lowest BCUT2D eigenvalue weighted by molar-refractivity contribution is 0.406. The van der Waals surface area contributed by atoms with Gasteiger partial charge in [-0.1, -0.05) is 37.3 Å². The first kappa shape index (κ1) is 15.5. The van der Waals surface area contributed by atoms with E-state index in [0.29, 0.717) is 23.7 Å². The maximum Gasteiger partial charge on any atom is 0.243 e. The maximum absolute atomic E-state index is 12.7. The van der Waals surface area contributed by atoms with Gasteiger partial charge in [0.15, 0.2) is 0 Å². The van der Waals surface area contributed by atoms with Crippen LogP contribution in [0.1, 0.15) is 18.9 Å². The van der Waals surface area contributed by atoms with Crippen molar-refractivity contribution in [2.75, 3.05) is 12.3 Å². The fourth-order valence-corrected chi connectivity index (χ4v) is 3.71. The van der Waals surface area contributed by atoms with E-state index in [9.17, 15) is 8.42 Å². The molecule has 0 heterocycles. The Balaban J connectivity index is 2.30. The van der Waals surface area contributed by atoms with Crippen LogP contribution in [0.4, 0.5) is 5.69 Å². The van der Waals surface area contributed by atoms with Gasteiger partial charge in [-0.3, -0.25) is 0 Å². The van der Waals surface area contributed by atoms with E-state index in [-0.39, 0.29) is 0 Å². The number of nitrogen functional groups attached to an aromatic ring is 1. The van der Waals surface area contributed by atoms with Gasteiger partial charge in [0.05, 0.1) is 4.90 Å². The molecule has 0 aliphatic heterocycles. The number of anilines is 1. The zero-order valence-electron chi connectivity index (χ0n) is 12.1. The largest absolute Gasteiger partial charge is 0.399 e. The van der Waals surface area contributed by atoms with Gasteiger partial charge >= 0.3 is 0 Å². The van der Waals surface area contributed by atoms with Crippen molar-refractivity contribution in [1.82, 2.24) is 4.31 Å². The first-order chi connectivity index (χ1) is 10.0. The highest BCUT2D eigenvalue weighted by Gasteiger charge is 2.23. The number of benzene rings is 2. The van der Waals surface area contributed by atoms with E-state index in [1.54, 1.807) is 36.4 Å². The summed E-state index contributed by atoms with van der Waals surface area (Å²) in [7, 11) is -3.48. The normalized spacial score (nSPS) is 11.7. The van der Waals surface area contributed by atoms with Gasteiger partial charge in [-0.2, -0.15) is 4.31 Å². The third kappa shape index (κ3) is 3.83. The molecule has 2 rings (SSSR count). The monoisotopic (exact) mass is 304 g/mol. The van der Waals surface area contributed by atoms with Gasteiger partial charge < -0.3 is 5.73 Å². The zero-order valence-corrected chi connectivity index (χ0v) is 12.9. The predicted molar refractivity (Wildman–Crippen MR) is 85.2 cm³/mol. The number of rotatable bonds is 6. The smallest absolute Gasteiger partial charge is 0.243 e. The van der Waals surface area contributed by atoms with Crippen molar-refractivity contribution in [3.63, 3.8) is 0 Å². The Bertz CT molecular complexity index is 684.